The predicted octanol–water partition coefficient (Wildman–Crippen LogP) is 5.85. The minimum atomic E-state index is -0.153. The summed E-state index contributed by atoms with van der Waals surface area (Å²) in [7, 11) is 0. The molecular formula is C33H38N4O4. The Morgan fingerprint density at radius 3 is 2.51 bits per heavy atom. The van der Waals surface area contributed by atoms with Crippen molar-refractivity contribution in [2.45, 2.75) is 53.0 Å². The highest BCUT2D eigenvalue weighted by Gasteiger charge is 2.35. The Morgan fingerprint density at radius 1 is 1.00 bits per heavy atom. The Bertz CT molecular complexity index is 1530. The minimum absolute atomic E-state index is 0.0366. The standard InChI is InChI=1S/C33H38N4O4/c1-5-24-12-10-11-23(4)32(24)37(22-40-6-2)31(39)21-36-29-14-9-8-13-28(29)34-33(36)25-19-30(38)35(20-25)26-15-17-27(18-16-26)41-7-3/h8-18,25H,5-7,19-22H2,1-4H3. The summed E-state index contributed by atoms with van der Waals surface area (Å²) in [5.74, 6) is 1.32. The molecule has 0 N–H and O–H groups in total. The van der Waals surface area contributed by atoms with Crippen LogP contribution in [0.15, 0.2) is 66.7 Å². The molecule has 1 unspecified atom stereocenters. The Morgan fingerprint density at radius 2 is 1.78 bits per heavy atom. The fourth-order valence-corrected chi connectivity index (χ4v) is 5.65. The van der Waals surface area contributed by atoms with Crippen molar-refractivity contribution in [2.24, 2.45) is 0 Å². The second kappa shape index (κ2) is 12.6. The van der Waals surface area contributed by atoms with Crippen molar-refractivity contribution in [1.29, 1.82) is 0 Å². The maximum atomic E-state index is 14.1. The van der Waals surface area contributed by atoms with Gasteiger partial charge in [0.1, 0.15) is 24.8 Å². The van der Waals surface area contributed by atoms with Gasteiger partial charge in [-0.25, -0.2) is 4.98 Å². The van der Waals surface area contributed by atoms with Crippen LogP contribution in [0.25, 0.3) is 11.0 Å². The van der Waals surface area contributed by atoms with E-state index in [9.17, 15) is 9.59 Å². The van der Waals surface area contributed by atoms with Gasteiger partial charge in [0.15, 0.2) is 0 Å². The molecule has 0 aliphatic carbocycles. The Balaban J connectivity index is 1.47. The van der Waals surface area contributed by atoms with Crippen molar-refractivity contribution in [2.75, 3.05) is 36.3 Å². The van der Waals surface area contributed by atoms with E-state index in [1.54, 1.807) is 9.80 Å². The number of hydrogen-bond donors (Lipinski definition) is 0. The van der Waals surface area contributed by atoms with E-state index in [1.165, 1.54) is 0 Å². The van der Waals surface area contributed by atoms with E-state index in [-0.39, 0.29) is 31.0 Å². The number of ether oxygens (including phenoxy) is 2. The Labute approximate surface area is 241 Å². The number of nitrogens with zero attached hydrogens (tertiary/aromatic N) is 4. The first-order valence-corrected chi connectivity index (χ1v) is 14.4. The van der Waals surface area contributed by atoms with Gasteiger partial charge in [-0.3, -0.25) is 14.5 Å². The number of anilines is 2. The molecule has 3 aromatic carbocycles. The lowest BCUT2D eigenvalue weighted by atomic mass is 10.0. The third-order valence-electron chi connectivity index (χ3n) is 7.62. The van der Waals surface area contributed by atoms with Crippen molar-refractivity contribution in [3.63, 3.8) is 0 Å². The molecular weight excluding hydrogens is 516 g/mol. The van der Waals surface area contributed by atoms with E-state index in [1.807, 2.05) is 86.0 Å². The topological polar surface area (TPSA) is 76.9 Å². The van der Waals surface area contributed by atoms with Gasteiger partial charge in [-0.15, -0.1) is 0 Å². The number of carbonyl (C=O) groups excluding carboxylic acids is 2. The van der Waals surface area contributed by atoms with Crippen molar-refractivity contribution >= 4 is 34.2 Å². The third-order valence-corrected chi connectivity index (χ3v) is 7.62. The molecule has 8 nitrogen and oxygen atoms in total. The van der Waals surface area contributed by atoms with Crippen LogP contribution in [-0.2, 0) is 27.3 Å². The Hall–Kier alpha value is -4.17. The minimum Gasteiger partial charge on any atom is -0.494 e. The van der Waals surface area contributed by atoms with Crippen molar-refractivity contribution < 1.29 is 19.1 Å². The number of rotatable bonds is 11. The molecule has 1 aromatic heterocycles. The van der Waals surface area contributed by atoms with Crippen molar-refractivity contribution in [3.8, 4) is 5.75 Å². The molecule has 1 aliphatic heterocycles. The number of imidazole rings is 1. The summed E-state index contributed by atoms with van der Waals surface area (Å²) >= 11 is 0. The normalized spacial score (nSPS) is 15.1. The van der Waals surface area contributed by atoms with Gasteiger partial charge in [0.05, 0.1) is 23.3 Å². The fraction of sp³-hybridized carbons (Fsp3) is 0.364. The van der Waals surface area contributed by atoms with Gasteiger partial charge in [0, 0.05) is 31.2 Å². The first-order chi connectivity index (χ1) is 19.9. The lowest BCUT2D eigenvalue weighted by Gasteiger charge is -2.27. The lowest BCUT2D eigenvalue weighted by molar-refractivity contribution is -0.120. The van der Waals surface area contributed by atoms with Crippen LogP contribution in [0.3, 0.4) is 0 Å². The summed E-state index contributed by atoms with van der Waals surface area (Å²) in [6.45, 7) is 9.83. The van der Waals surface area contributed by atoms with Gasteiger partial charge in [-0.2, -0.15) is 0 Å². The fourth-order valence-electron chi connectivity index (χ4n) is 5.65. The number of aryl methyl sites for hydroxylation is 2. The van der Waals surface area contributed by atoms with Crippen LogP contribution in [0.5, 0.6) is 5.75 Å². The predicted molar refractivity (Wildman–Crippen MR) is 162 cm³/mol. The van der Waals surface area contributed by atoms with Crippen LogP contribution >= 0.6 is 0 Å². The second-order valence-electron chi connectivity index (χ2n) is 10.3. The van der Waals surface area contributed by atoms with Gasteiger partial charge < -0.3 is 18.9 Å². The van der Waals surface area contributed by atoms with Crippen LogP contribution in [0.4, 0.5) is 11.4 Å². The summed E-state index contributed by atoms with van der Waals surface area (Å²) in [5, 5.41) is 0. The van der Waals surface area contributed by atoms with E-state index in [0.29, 0.717) is 26.2 Å². The highest BCUT2D eigenvalue weighted by atomic mass is 16.5. The van der Waals surface area contributed by atoms with E-state index in [4.69, 9.17) is 14.5 Å². The second-order valence-corrected chi connectivity index (χ2v) is 10.3. The Kier molecular flexibility index (Phi) is 8.69. The molecule has 8 heteroatoms. The molecule has 4 aromatic rings. The van der Waals surface area contributed by atoms with Crippen molar-refractivity contribution in [3.05, 3.63) is 83.7 Å². The molecule has 1 fully saturated rings. The molecule has 2 heterocycles. The molecule has 1 saturated heterocycles. The number of carbonyl (C=O) groups is 2. The summed E-state index contributed by atoms with van der Waals surface area (Å²) in [6.07, 6.45) is 1.13. The van der Waals surface area contributed by atoms with Crippen molar-refractivity contribution in [1.82, 2.24) is 9.55 Å². The number of hydrogen-bond acceptors (Lipinski definition) is 5. The monoisotopic (exact) mass is 554 g/mol. The van der Waals surface area contributed by atoms with Gasteiger partial charge in [-0.1, -0.05) is 37.3 Å². The summed E-state index contributed by atoms with van der Waals surface area (Å²) in [6, 6.07) is 21.5. The SMILES string of the molecule is CCOCN(C(=O)Cn1c(C2CC(=O)N(c3ccc(OCC)cc3)C2)nc2ccccc21)c1c(C)cccc1CC. The quantitative estimate of drug-likeness (QED) is 0.217. The molecule has 1 aliphatic rings. The van der Waals surface area contributed by atoms with Gasteiger partial charge >= 0.3 is 0 Å². The van der Waals surface area contributed by atoms with Crippen LogP contribution in [0.1, 0.15) is 50.1 Å². The first-order valence-electron chi connectivity index (χ1n) is 14.4. The number of aromatic nitrogens is 2. The average Bonchev–Trinajstić information content (AvgIpc) is 3.54. The van der Waals surface area contributed by atoms with E-state index in [0.717, 1.165) is 51.5 Å². The van der Waals surface area contributed by atoms with Crippen LogP contribution in [0, 0.1) is 6.92 Å². The number of fused-ring (bicyclic) bond motifs is 1. The lowest BCUT2D eigenvalue weighted by Crippen LogP contribution is -2.37. The largest absolute Gasteiger partial charge is 0.494 e. The third kappa shape index (κ3) is 5.84. The molecule has 0 bridgehead atoms. The van der Waals surface area contributed by atoms with Crippen LogP contribution in [-0.4, -0.2) is 47.9 Å². The van der Waals surface area contributed by atoms with Gasteiger partial charge in [0.2, 0.25) is 11.8 Å². The maximum Gasteiger partial charge on any atom is 0.248 e. The molecule has 41 heavy (non-hydrogen) atoms. The van der Waals surface area contributed by atoms with Crippen LogP contribution in [0.2, 0.25) is 0 Å². The van der Waals surface area contributed by atoms with E-state index in [2.05, 4.69) is 13.0 Å². The summed E-state index contributed by atoms with van der Waals surface area (Å²) in [5.41, 5.74) is 5.54. The highest BCUT2D eigenvalue weighted by Crippen LogP contribution is 2.34. The average molecular weight is 555 g/mol. The molecule has 2 amide bonds. The van der Waals surface area contributed by atoms with Gasteiger partial charge in [0.25, 0.3) is 0 Å². The zero-order valence-corrected chi connectivity index (χ0v) is 24.3. The molecule has 0 radical (unpaired) electrons. The summed E-state index contributed by atoms with van der Waals surface area (Å²) < 4.78 is 13.3. The zero-order chi connectivity index (χ0) is 28.9. The first kappa shape index (κ1) is 28.4. The number of amides is 2. The molecule has 5 rings (SSSR count). The highest BCUT2D eigenvalue weighted by molar-refractivity contribution is 5.97. The van der Waals surface area contributed by atoms with Crippen LogP contribution < -0.4 is 14.5 Å². The number of benzene rings is 3. The molecule has 1 atom stereocenters. The van der Waals surface area contributed by atoms with Gasteiger partial charge in [-0.05, 0) is 74.7 Å². The number of para-hydroxylation sites is 3. The van der Waals surface area contributed by atoms with E-state index >= 15 is 0 Å². The smallest absolute Gasteiger partial charge is 0.248 e. The zero-order valence-electron chi connectivity index (χ0n) is 24.3. The molecule has 0 saturated carbocycles. The summed E-state index contributed by atoms with van der Waals surface area (Å²) in [4.78, 5) is 35.8. The maximum absolute atomic E-state index is 14.1. The molecule has 0 spiro atoms. The molecule has 214 valence electrons. The van der Waals surface area contributed by atoms with E-state index < -0.39 is 0 Å².